The zero-order valence-corrected chi connectivity index (χ0v) is 15.0. The summed E-state index contributed by atoms with van der Waals surface area (Å²) in [6, 6.07) is 17.8. The molecule has 0 saturated carbocycles. The van der Waals surface area contributed by atoms with Crippen LogP contribution in [0.4, 0.5) is 11.5 Å². The first-order chi connectivity index (χ1) is 12.7. The zero-order chi connectivity index (χ0) is 17.9. The molecule has 0 aliphatic carbocycles. The van der Waals surface area contributed by atoms with Gasteiger partial charge in [-0.15, -0.1) is 5.10 Å². The second-order valence-electron chi connectivity index (χ2n) is 6.16. The Kier molecular flexibility index (Phi) is 4.50. The van der Waals surface area contributed by atoms with Crippen LogP contribution >= 0.6 is 11.6 Å². The smallest absolute Gasteiger partial charge is 0.161 e. The number of pyridine rings is 1. The lowest BCUT2D eigenvalue weighted by Gasteiger charge is -2.13. The highest BCUT2D eigenvalue weighted by Gasteiger charge is 2.12. The minimum atomic E-state index is 0.704. The molecule has 0 unspecified atom stereocenters. The number of nitrogens with one attached hydrogen (secondary N) is 1. The first kappa shape index (κ1) is 16.5. The van der Waals surface area contributed by atoms with Gasteiger partial charge in [0.25, 0.3) is 0 Å². The SMILES string of the molecule is Cc1cccc2c(Cc3ccncc3)nnc(Nc3ccc(Cl)cc3)c12. The second kappa shape index (κ2) is 7.10. The van der Waals surface area contributed by atoms with Gasteiger partial charge in [-0.25, -0.2) is 0 Å². The summed E-state index contributed by atoms with van der Waals surface area (Å²) >= 11 is 5.97. The molecule has 2 heterocycles. The third-order valence-electron chi connectivity index (χ3n) is 4.32. The van der Waals surface area contributed by atoms with Gasteiger partial charge in [-0.05, 0) is 54.4 Å². The third-order valence-corrected chi connectivity index (χ3v) is 4.57. The van der Waals surface area contributed by atoms with Crippen LogP contribution in [0.5, 0.6) is 0 Å². The first-order valence-electron chi connectivity index (χ1n) is 8.37. The Morgan fingerprint density at radius 1 is 0.923 bits per heavy atom. The lowest BCUT2D eigenvalue weighted by Crippen LogP contribution is -2.03. The van der Waals surface area contributed by atoms with Crippen molar-refractivity contribution in [1.29, 1.82) is 0 Å². The molecule has 0 bridgehead atoms. The number of nitrogens with zero attached hydrogens (tertiary/aromatic N) is 3. The van der Waals surface area contributed by atoms with E-state index in [2.05, 4.69) is 45.6 Å². The molecule has 0 saturated heterocycles. The summed E-state index contributed by atoms with van der Waals surface area (Å²) in [5.74, 6) is 0.749. The number of hydrogen-bond acceptors (Lipinski definition) is 4. The van der Waals surface area contributed by atoms with E-state index < -0.39 is 0 Å². The van der Waals surface area contributed by atoms with Crippen LogP contribution in [0.3, 0.4) is 0 Å². The molecule has 1 N–H and O–H groups in total. The molecule has 2 aromatic carbocycles. The monoisotopic (exact) mass is 360 g/mol. The van der Waals surface area contributed by atoms with Gasteiger partial charge in [0.1, 0.15) is 0 Å². The van der Waals surface area contributed by atoms with Crippen molar-refractivity contribution >= 4 is 33.9 Å². The number of hydrogen-bond donors (Lipinski definition) is 1. The van der Waals surface area contributed by atoms with E-state index in [0.717, 1.165) is 45.5 Å². The molecule has 0 aliphatic rings. The number of halogens is 1. The van der Waals surface area contributed by atoms with Crippen LogP contribution in [-0.2, 0) is 6.42 Å². The molecule has 26 heavy (non-hydrogen) atoms. The van der Waals surface area contributed by atoms with Gasteiger partial charge in [-0.2, -0.15) is 5.10 Å². The van der Waals surface area contributed by atoms with E-state index in [-0.39, 0.29) is 0 Å². The van der Waals surface area contributed by atoms with Crippen LogP contribution in [0.2, 0.25) is 5.02 Å². The van der Waals surface area contributed by atoms with Gasteiger partial charge >= 0.3 is 0 Å². The van der Waals surface area contributed by atoms with Crippen LogP contribution in [0.1, 0.15) is 16.8 Å². The fourth-order valence-corrected chi connectivity index (χ4v) is 3.14. The van der Waals surface area contributed by atoms with E-state index in [1.807, 2.05) is 36.4 Å². The van der Waals surface area contributed by atoms with Gasteiger partial charge < -0.3 is 5.32 Å². The van der Waals surface area contributed by atoms with Gasteiger partial charge in [0, 0.05) is 40.3 Å². The summed E-state index contributed by atoms with van der Waals surface area (Å²) in [5, 5.41) is 15.2. The standard InChI is InChI=1S/C21H17ClN4/c1-14-3-2-4-18-19(13-15-9-11-23-12-10-15)25-26-21(20(14)18)24-17-7-5-16(22)6-8-17/h2-12H,13H2,1H3,(H,24,26). The molecule has 0 fully saturated rings. The average Bonchev–Trinajstić information content (AvgIpc) is 2.66. The molecule has 0 spiro atoms. The van der Waals surface area contributed by atoms with Crippen molar-refractivity contribution in [2.45, 2.75) is 13.3 Å². The number of benzene rings is 2. The molecule has 4 rings (SSSR count). The Bertz CT molecular complexity index is 1050. The van der Waals surface area contributed by atoms with E-state index >= 15 is 0 Å². The Balaban J connectivity index is 1.78. The number of rotatable bonds is 4. The maximum Gasteiger partial charge on any atom is 0.161 e. The molecule has 128 valence electrons. The number of anilines is 2. The molecule has 0 amide bonds. The average molecular weight is 361 g/mol. The van der Waals surface area contributed by atoms with Crippen molar-refractivity contribution in [3.63, 3.8) is 0 Å². The fraction of sp³-hybridized carbons (Fsp3) is 0.0952. The molecule has 4 aromatic rings. The number of aromatic nitrogens is 3. The molecular weight excluding hydrogens is 344 g/mol. The maximum absolute atomic E-state index is 5.97. The molecule has 0 aliphatic heterocycles. The minimum absolute atomic E-state index is 0.704. The van der Waals surface area contributed by atoms with E-state index in [1.54, 1.807) is 12.4 Å². The molecule has 0 radical (unpaired) electrons. The van der Waals surface area contributed by atoms with Gasteiger partial charge in [0.2, 0.25) is 0 Å². The highest BCUT2D eigenvalue weighted by molar-refractivity contribution is 6.30. The van der Waals surface area contributed by atoms with E-state index in [1.165, 1.54) is 0 Å². The lowest BCUT2D eigenvalue weighted by molar-refractivity contribution is 0.960. The van der Waals surface area contributed by atoms with E-state index in [0.29, 0.717) is 5.02 Å². The Morgan fingerprint density at radius 3 is 2.46 bits per heavy atom. The third kappa shape index (κ3) is 3.37. The van der Waals surface area contributed by atoms with Crippen LogP contribution < -0.4 is 5.32 Å². The first-order valence-corrected chi connectivity index (χ1v) is 8.75. The molecule has 5 heteroatoms. The lowest BCUT2D eigenvalue weighted by atomic mass is 10.0. The van der Waals surface area contributed by atoms with Gasteiger partial charge in [0.15, 0.2) is 5.82 Å². The van der Waals surface area contributed by atoms with Crippen molar-refractivity contribution in [3.05, 3.63) is 88.8 Å². The molecule has 4 nitrogen and oxygen atoms in total. The topological polar surface area (TPSA) is 50.7 Å². The highest BCUT2D eigenvalue weighted by Crippen LogP contribution is 2.29. The summed E-state index contributed by atoms with van der Waals surface area (Å²) in [6.07, 6.45) is 4.32. The summed E-state index contributed by atoms with van der Waals surface area (Å²) in [4.78, 5) is 4.08. The summed E-state index contributed by atoms with van der Waals surface area (Å²) in [7, 11) is 0. The number of aryl methyl sites for hydroxylation is 1. The quantitative estimate of drug-likeness (QED) is 0.535. The van der Waals surface area contributed by atoms with Crippen molar-refractivity contribution < 1.29 is 0 Å². The predicted octanol–water partition coefficient (Wildman–Crippen LogP) is 5.32. The van der Waals surface area contributed by atoms with Crippen LogP contribution in [0.15, 0.2) is 67.0 Å². The van der Waals surface area contributed by atoms with Crippen LogP contribution in [0, 0.1) is 6.92 Å². The maximum atomic E-state index is 5.97. The van der Waals surface area contributed by atoms with Crippen molar-refractivity contribution in [3.8, 4) is 0 Å². The Morgan fingerprint density at radius 2 is 1.69 bits per heavy atom. The zero-order valence-electron chi connectivity index (χ0n) is 14.3. The van der Waals surface area contributed by atoms with E-state index in [4.69, 9.17) is 11.6 Å². The van der Waals surface area contributed by atoms with Crippen molar-refractivity contribution in [2.75, 3.05) is 5.32 Å². The van der Waals surface area contributed by atoms with Crippen molar-refractivity contribution in [1.82, 2.24) is 15.2 Å². The van der Waals surface area contributed by atoms with Crippen LogP contribution in [-0.4, -0.2) is 15.2 Å². The molecular formula is C21H17ClN4. The Hall–Kier alpha value is -2.98. The van der Waals surface area contributed by atoms with E-state index in [9.17, 15) is 0 Å². The summed E-state index contributed by atoms with van der Waals surface area (Å²) < 4.78 is 0. The normalized spacial score (nSPS) is 10.8. The molecule has 0 atom stereocenters. The second-order valence-corrected chi connectivity index (χ2v) is 6.59. The predicted molar refractivity (Wildman–Crippen MR) is 106 cm³/mol. The number of fused-ring (bicyclic) bond motifs is 1. The fourth-order valence-electron chi connectivity index (χ4n) is 3.02. The van der Waals surface area contributed by atoms with Gasteiger partial charge in [0.05, 0.1) is 5.69 Å². The van der Waals surface area contributed by atoms with Crippen LogP contribution in [0.25, 0.3) is 10.8 Å². The highest BCUT2D eigenvalue weighted by atomic mass is 35.5. The summed E-state index contributed by atoms with van der Waals surface area (Å²) in [6.45, 7) is 2.09. The largest absolute Gasteiger partial charge is 0.338 e. The summed E-state index contributed by atoms with van der Waals surface area (Å²) in [5.41, 5.74) is 4.20. The Labute approximate surface area is 156 Å². The molecule has 2 aromatic heterocycles. The van der Waals surface area contributed by atoms with Gasteiger partial charge in [-0.1, -0.05) is 29.8 Å². The minimum Gasteiger partial charge on any atom is -0.338 e. The van der Waals surface area contributed by atoms with Crippen molar-refractivity contribution in [2.24, 2.45) is 0 Å². The van der Waals surface area contributed by atoms with Gasteiger partial charge in [-0.3, -0.25) is 4.98 Å².